The number of benzene rings is 1. The number of anilines is 1. The summed E-state index contributed by atoms with van der Waals surface area (Å²) >= 11 is 0. The maximum Gasteiger partial charge on any atom is 0.471 e. The number of halogens is 4. The second kappa shape index (κ2) is 5.14. The molecule has 0 radical (unpaired) electrons. The Balaban J connectivity index is 2.43. The summed E-state index contributed by atoms with van der Waals surface area (Å²) in [5, 5.41) is 0.762. The van der Waals surface area contributed by atoms with Gasteiger partial charge in [-0.3, -0.25) is 9.69 Å². The lowest BCUT2D eigenvalue weighted by Gasteiger charge is -2.28. The Bertz CT molecular complexity index is 679. The number of sulfone groups is 1. The zero-order valence-corrected chi connectivity index (χ0v) is 11.2. The minimum Gasteiger partial charge on any atom is -0.297 e. The van der Waals surface area contributed by atoms with Crippen LogP contribution in [0.2, 0.25) is 0 Å². The van der Waals surface area contributed by atoms with Crippen LogP contribution in [0.4, 0.5) is 23.2 Å². The Morgan fingerprint density at radius 2 is 1.76 bits per heavy atom. The van der Waals surface area contributed by atoms with Gasteiger partial charge in [0.15, 0.2) is 9.84 Å². The molecule has 9 heteroatoms. The van der Waals surface area contributed by atoms with Crippen molar-refractivity contribution in [3.8, 4) is 0 Å². The molecule has 0 fully saturated rings. The van der Waals surface area contributed by atoms with Gasteiger partial charge in [-0.25, -0.2) is 12.8 Å². The molecule has 2 rings (SSSR count). The smallest absolute Gasteiger partial charge is 0.297 e. The number of nitrogens with zero attached hydrogens (tertiary/aromatic N) is 1. The lowest BCUT2D eigenvalue weighted by Crippen LogP contribution is -2.47. The van der Waals surface area contributed by atoms with E-state index >= 15 is 0 Å². The molecule has 0 saturated carbocycles. The van der Waals surface area contributed by atoms with E-state index in [1.54, 1.807) is 0 Å². The van der Waals surface area contributed by atoms with Crippen molar-refractivity contribution in [2.75, 3.05) is 10.7 Å². The van der Waals surface area contributed by atoms with E-state index in [1.165, 1.54) is 0 Å². The van der Waals surface area contributed by atoms with Crippen LogP contribution in [0.5, 0.6) is 0 Å². The maximum atomic E-state index is 12.8. The monoisotopic (exact) mass is 323 g/mol. The van der Waals surface area contributed by atoms with Crippen LogP contribution in [0.15, 0.2) is 35.7 Å². The van der Waals surface area contributed by atoms with E-state index in [9.17, 15) is 30.8 Å². The van der Waals surface area contributed by atoms with E-state index in [0.29, 0.717) is 4.90 Å². The molecule has 1 aliphatic rings. The zero-order valence-electron chi connectivity index (χ0n) is 10.3. The number of alkyl halides is 3. The van der Waals surface area contributed by atoms with Crippen LogP contribution >= 0.6 is 0 Å². The summed E-state index contributed by atoms with van der Waals surface area (Å²) in [5.41, 5.74) is -0.231. The first-order valence-electron chi connectivity index (χ1n) is 5.67. The standard InChI is InChI=1S/C12H9F4NO3S/c13-8-1-3-9(4-2-8)17(11(18)12(14,15)16)10-5-6-21(19,20)7-10/h1-6,10H,7H2/t10-/m0/s1. The highest BCUT2D eigenvalue weighted by Crippen LogP contribution is 2.28. The van der Waals surface area contributed by atoms with Crippen LogP contribution in [-0.2, 0) is 14.6 Å². The van der Waals surface area contributed by atoms with Gasteiger partial charge in [-0.2, -0.15) is 13.2 Å². The summed E-state index contributed by atoms with van der Waals surface area (Å²) in [6, 6.07) is 2.46. The molecule has 0 bridgehead atoms. The van der Waals surface area contributed by atoms with Crippen molar-refractivity contribution in [2.24, 2.45) is 0 Å². The third-order valence-electron chi connectivity index (χ3n) is 2.81. The van der Waals surface area contributed by atoms with Gasteiger partial charge in [-0.05, 0) is 30.3 Å². The third kappa shape index (κ3) is 3.41. The summed E-state index contributed by atoms with van der Waals surface area (Å²) in [5.74, 6) is -3.54. The number of hydrogen-bond donors (Lipinski definition) is 0. The van der Waals surface area contributed by atoms with Gasteiger partial charge in [-0.1, -0.05) is 0 Å². The minimum atomic E-state index is -5.17. The van der Waals surface area contributed by atoms with E-state index in [1.807, 2.05) is 0 Å². The first-order chi connectivity index (χ1) is 9.60. The number of rotatable bonds is 2. The predicted octanol–water partition coefficient (Wildman–Crippen LogP) is 2.03. The first kappa shape index (κ1) is 15.5. The predicted molar refractivity (Wildman–Crippen MR) is 66.7 cm³/mol. The Morgan fingerprint density at radius 3 is 2.19 bits per heavy atom. The van der Waals surface area contributed by atoms with Gasteiger partial charge in [0, 0.05) is 11.1 Å². The molecule has 0 saturated heterocycles. The van der Waals surface area contributed by atoms with Crippen molar-refractivity contribution in [3.63, 3.8) is 0 Å². The summed E-state index contributed by atoms with van der Waals surface area (Å²) < 4.78 is 73.5. The molecule has 0 unspecified atom stereocenters. The van der Waals surface area contributed by atoms with Gasteiger partial charge < -0.3 is 0 Å². The molecular formula is C12H9F4NO3S. The fourth-order valence-electron chi connectivity index (χ4n) is 1.92. The molecule has 21 heavy (non-hydrogen) atoms. The Hall–Kier alpha value is -1.90. The fraction of sp³-hybridized carbons (Fsp3) is 0.250. The zero-order chi connectivity index (χ0) is 15.8. The fourth-order valence-corrected chi connectivity index (χ4v) is 3.19. The van der Waals surface area contributed by atoms with Crippen LogP contribution in [0.3, 0.4) is 0 Å². The summed E-state index contributed by atoms with van der Waals surface area (Å²) in [4.78, 5) is 11.8. The molecule has 1 aromatic carbocycles. The summed E-state index contributed by atoms with van der Waals surface area (Å²) in [6.45, 7) is 0. The largest absolute Gasteiger partial charge is 0.471 e. The van der Waals surface area contributed by atoms with Crippen molar-refractivity contribution < 1.29 is 30.8 Å². The number of carbonyl (C=O) groups excluding carboxylic acids is 1. The highest BCUT2D eigenvalue weighted by Gasteiger charge is 2.46. The van der Waals surface area contributed by atoms with E-state index < -0.39 is 39.5 Å². The molecule has 1 aliphatic heterocycles. The average Bonchev–Trinajstić information content (AvgIpc) is 2.71. The normalized spacial score (nSPS) is 20.5. The van der Waals surface area contributed by atoms with Gasteiger partial charge in [0.2, 0.25) is 0 Å². The van der Waals surface area contributed by atoms with Gasteiger partial charge in [0.25, 0.3) is 0 Å². The van der Waals surface area contributed by atoms with Crippen LogP contribution in [0, 0.1) is 5.82 Å². The molecule has 0 aromatic heterocycles. The van der Waals surface area contributed by atoms with Gasteiger partial charge in [-0.15, -0.1) is 0 Å². The second-order valence-electron chi connectivity index (χ2n) is 4.37. The van der Waals surface area contributed by atoms with E-state index in [2.05, 4.69) is 0 Å². The molecule has 0 N–H and O–H groups in total. The number of amides is 1. The Kier molecular flexibility index (Phi) is 3.79. The third-order valence-corrected chi connectivity index (χ3v) is 4.19. The number of hydrogen-bond acceptors (Lipinski definition) is 3. The van der Waals surface area contributed by atoms with E-state index in [4.69, 9.17) is 0 Å². The molecule has 0 aliphatic carbocycles. The molecule has 114 valence electrons. The lowest BCUT2D eigenvalue weighted by molar-refractivity contribution is -0.170. The van der Waals surface area contributed by atoms with Gasteiger partial charge >= 0.3 is 12.1 Å². The SMILES string of the molecule is O=C(N(c1ccc(F)cc1)[C@H]1C=CS(=O)(=O)C1)C(F)(F)F. The minimum absolute atomic E-state index is 0.231. The Morgan fingerprint density at radius 1 is 1.19 bits per heavy atom. The molecular weight excluding hydrogens is 314 g/mol. The van der Waals surface area contributed by atoms with Crippen LogP contribution in [0.25, 0.3) is 0 Å². The summed E-state index contributed by atoms with van der Waals surface area (Å²) in [6.07, 6.45) is -4.17. The molecule has 1 amide bonds. The quantitative estimate of drug-likeness (QED) is 0.783. The van der Waals surface area contributed by atoms with Gasteiger partial charge in [0.1, 0.15) is 5.82 Å². The van der Waals surface area contributed by atoms with Crippen LogP contribution < -0.4 is 4.90 Å². The highest BCUT2D eigenvalue weighted by molar-refractivity contribution is 7.94. The molecule has 1 heterocycles. The van der Waals surface area contributed by atoms with Crippen molar-refractivity contribution in [3.05, 3.63) is 41.6 Å². The van der Waals surface area contributed by atoms with Crippen molar-refractivity contribution in [1.29, 1.82) is 0 Å². The molecule has 0 spiro atoms. The summed E-state index contributed by atoms with van der Waals surface area (Å²) in [7, 11) is -3.65. The molecule has 1 atom stereocenters. The maximum absolute atomic E-state index is 12.8. The Labute approximate surface area is 117 Å². The second-order valence-corrected chi connectivity index (χ2v) is 6.31. The lowest BCUT2D eigenvalue weighted by atomic mass is 10.2. The highest BCUT2D eigenvalue weighted by atomic mass is 32.2. The average molecular weight is 323 g/mol. The van der Waals surface area contributed by atoms with Crippen LogP contribution in [-0.4, -0.2) is 32.3 Å². The van der Waals surface area contributed by atoms with Crippen molar-refractivity contribution in [1.82, 2.24) is 0 Å². The molecule has 1 aromatic rings. The van der Waals surface area contributed by atoms with Crippen molar-refractivity contribution >= 4 is 21.4 Å². The van der Waals surface area contributed by atoms with Crippen molar-refractivity contribution in [2.45, 2.75) is 12.2 Å². The topological polar surface area (TPSA) is 54.5 Å². The number of carbonyl (C=O) groups is 1. The van der Waals surface area contributed by atoms with E-state index in [-0.39, 0.29) is 5.69 Å². The molecule has 4 nitrogen and oxygen atoms in total. The van der Waals surface area contributed by atoms with E-state index in [0.717, 1.165) is 35.7 Å². The van der Waals surface area contributed by atoms with Gasteiger partial charge in [0.05, 0.1) is 11.8 Å². The van der Waals surface area contributed by atoms with Crippen LogP contribution in [0.1, 0.15) is 0 Å². The first-order valence-corrected chi connectivity index (χ1v) is 7.38.